The van der Waals surface area contributed by atoms with Crippen molar-refractivity contribution in [2.45, 2.75) is 50.4 Å². The monoisotopic (exact) mass is 226 g/mol. The molecule has 0 aliphatic heterocycles. The van der Waals surface area contributed by atoms with Crippen molar-refractivity contribution in [1.82, 2.24) is 0 Å². The minimum absolute atomic E-state index is 0.936. The summed E-state index contributed by atoms with van der Waals surface area (Å²) in [6.45, 7) is 20.2. The molecule has 0 saturated carbocycles. The SMILES string of the molecule is C=CC[Si](C)(C)C(C)[Si](C)(C)CC=C. The highest BCUT2D eigenvalue weighted by Crippen LogP contribution is 2.36. The van der Waals surface area contributed by atoms with Crippen LogP contribution in [-0.2, 0) is 0 Å². The van der Waals surface area contributed by atoms with Gasteiger partial charge in [-0.05, 0) is 12.1 Å². The topological polar surface area (TPSA) is 0 Å². The van der Waals surface area contributed by atoms with Gasteiger partial charge in [0, 0.05) is 0 Å². The van der Waals surface area contributed by atoms with Crippen LogP contribution in [-0.4, -0.2) is 16.1 Å². The van der Waals surface area contributed by atoms with Gasteiger partial charge in [0.15, 0.2) is 0 Å². The fourth-order valence-electron chi connectivity index (χ4n) is 2.16. The minimum Gasteiger partial charge on any atom is -0.103 e. The van der Waals surface area contributed by atoms with Crippen molar-refractivity contribution in [2.75, 3.05) is 0 Å². The maximum Gasteiger partial charge on any atom is 0.0513 e. The van der Waals surface area contributed by atoms with Crippen LogP contribution in [0, 0.1) is 0 Å². The molecule has 0 aromatic heterocycles. The molecule has 2 heteroatoms. The Hall–Kier alpha value is -0.0862. The van der Waals surface area contributed by atoms with Crippen molar-refractivity contribution < 1.29 is 0 Å². The number of hydrogen-bond donors (Lipinski definition) is 0. The Morgan fingerprint density at radius 1 is 0.929 bits per heavy atom. The summed E-state index contributed by atoms with van der Waals surface area (Å²) in [5, 5.41) is 0.936. The number of hydrogen-bond acceptors (Lipinski definition) is 0. The average molecular weight is 227 g/mol. The Kier molecular flexibility index (Phi) is 5.09. The third-order valence-electron chi connectivity index (χ3n) is 3.69. The molecule has 0 radical (unpaired) electrons. The van der Waals surface area contributed by atoms with Gasteiger partial charge in [-0.25, -0.2) is 0 Å². The molecule has 0 aromatic carbocycles. The summed E-state index contributed by atoms with van der Waals surface area (Å²) in [5.74, 6) is 0. The molecule has 0 N–H and O–H groups in total. The van der Waals surface area contributed by atoms with E-state index in [2.05, 4.69) is 58.4 Å². The molecule has 0 amide bonds. The van der Waals surface area contributed by atoms with E-state index in [1.54, 1.807) is 0 Å². The van der Waals surface area contributed by atoms with Gasteiger partial charge in [0.1, 0.15) is 0 Å². The van der Waals surface area contributed by atoms with Crippen molar-refractivity contribution in [3.8, 4) is 0 Å². The number of rotatable bonds is 6. The zero-order valence-electron chi connectivity index (χ0n) is 10.6. The summed E-state index contributed by atoms with van der Waals surface area (Å²) in [6.07, 6.45) is 4.22. The highest BCUT2D eigenvalue weighted by molar-refractivity contribution is 6.97. The lowest BCUT2D eigenvalue weighted by atomic mass is 10.8. The molecule has 0 rings (SSSR count). The fraction of sp³-hybridized carbons (Fsp3) is 0.667. The van der Waals surface area contributed by atoms with Crippen LogP contribution in [0.4, 0.5) is 0 Å². The smallest absolute Gasteiger partial charge is 0.0513 e. The molecule has 0 heterocycles. The van der Waals surface area contributed by atoms with Gasteiger partial charge in [0.2, 0.25) is 0 Å². The summed E-state index contributed by atoms with van der Waals surface area (Å²) in [4.78, 5) is 0. The van der Waals surface area contributed by atoms with E-state index in [1.165, 1.54) is 12.1 Å². The highest BCUT2D eigenvalue weighted by atomic mass is 28.4. The lowest BCUT2D eigenvalue weighted by molar-refractivity contribution is 1.14. The van der Waals surface area contributed by atoms with E-state index in [-0.39, 0.29) is 0 Å². The van der Waals surface area contributed by atoms with Crippen molar-refractivity contribution in [1.29, 1.82) is 0 Å². The molecule has 0 fully saturated rings. The van der Waals surface area contributed by atoms with E-state index in [0.29, 0.717) is 0 Å². The van der Waals surface area contributed by atoms with Gasteiger partial charge < -0.3 is 0 Å². The van der Waals surface area contributed by atoms with Gasteiger partial charge in [-0.3, -0.25) is 0 Å². The van der Waals surface area contributed by atoms with Crippen LogP contribution in [0.2, 0.25) is 43.4 Å². The highest BCUT2D eigenvalue weighted by Gasteiger charge is 2.38. The average Bonchev–Trinajstić information content (AvgIpc) is 2.02. The molecule has 0 bridgehead atoms. The van der Waals surface area contributed by atoms with Crippen LogP contribution in [0.5, 0.6) is 0 Å². The predicted molar refractivity (Wildman–Crippen MR) is 74.4 cm³/mol. The predicted octanol–water partition coefficient (Wildman–Crippen LogP) is 4.70. The summed E-state index contributed by atoms with van der Waals surface area (Å²) < 4.78 is 0. The molecule has 0 saturated heterocycles. The van der Waals surface area contributed by atoms with E-state index in [0.717, 1.165) is 5.16 Å². The van der Waals surface area contributed by atoms with E-state index in [9.17, 15) is 0 Å². The third kappa shape index (κ3) is 3.58. The zero-order valence-corrected chi connectivity index (χ0v) is 12.6. The second-order valence-corrected chi connectivity index (χ2v) is 16.8. The third-order valence-corrected chi connectivity index (χ3v) is 15.7. The van der Waals surface area contributed by atoms with Crippen LogP contribution in [0.3, 0.4) is 0 Å². The Morgan fingerprint density at radius 2 is 1.21 bits per heavy atom. The second-order valence-electron chi connectivity index (χ2n) is 5.68. The molecule has 0 nitrogen and oxygen atoms in total. The minimum atomic E-state index is -1.08. The van der Waals surface area contributed by atoms with E-state index in [1.807, 2.05) is 0 Å². The van der Waals surface area contributed by atoms with E-state index >= 15 is 0 Å². The van der Waals surface area contributed by atoms with Crippen molar-refractivity contribution >= 4 is 16.1 Å². The Bertz CT molecular complexity index is 182. The van der Waals surface area contributed by atoms with Crippen LogP contribution >= 0.6 is 0 Å². The second kappa shape index (κ2) is 5.12. The first-order valence-corrected chi connectivity index (χ1v) is 12.1. The van der Waals surface area contributed by atoms with Gasteiger partial charge in [-0.1, -0.05) is 50.4 Å². The largest absolute Gasteiger partial charge is 0.103 e. The Labute approximate surface area is 92.1 Å². The van der Waals surface area contributed by atoms with E-state index < -0.39 is 16.1 Å². The molecule has 0 aromatic rings. The normalized spacial score (nSPS) is 13.0. The first-order valence-electron chi connectivity index (χ1n) is 5.49. The Morgan fingerprint density at radius 3 is 1.43 bits per heavy atom. The van der Waals surface area contributed by atoms with Crippen LogP contribution in [0.1, 0.15) is 6.92 Å². The first kappa shape index (κ1) is 13.9. The first-order chi connectivity index (χ1) is 6.28. The van der Waals surface area contributed by atoms with Gasteiger partial charge in [0.05, 0.1) is 16.1 Å². The summed E-state index contributed by atoms with van der Waals surface area (Å²) >= 11 is 0. The summed E-state index contributed by atoms with van der Waals surface area (Å²) in [7, 11) is -2.17. The van der Waals surface area contributed by atoms with Crippen LogP contribution in [0.15, 0.2) is 25.3 Å². The molecule has 0 atom stereocenters. The van der Waals surface area contributed by atoms with Crippen LogP contribution < -0.4 is 0 Å². The molecular weight excluding hydrogens is 200 g/mol. The lowest BCUT2D eigenvalue weighted by Gasteiger charge is -2.39. The molecule has 0 spiro atoms. The summed E-state index contributed by atoms with van der Waals surface area (Å²) in [5.41, 5.74) is 0. The molecular formula is C12H26Si2. The van der Waals surface area contributed by atoms with Gasteiger partial charge in [-0.2, -0.15) is 0 Å². The number of allylic oxidation sites excluding steroid dienone is 2. The quantitative estimate of drug-likeness (QED) is 0.455. The van der Waals surface area contributed by atoms with Crippen LogP contribution in [0.25, 0.3) is 0 Å². The molecule has 0 aliphatic rings. The van der Waals surface area contributed by atoms with E-state index in [4.69, 9.17) is 0 Å². The molecule has 0 unspecified atom stereocenters. The van der Waals surface area contributed by atoms with Gasteiger partial charge in [0.25, 0.3) is 0 Å². The van der Waals surface area contributed by atoms with Crippen molar-refractivity contribution in [3.63, 3.8) is 0 Å². The Balaban J connectivity index is 4.64. The molecule has 14 heavy (non-hydrogen) atoms. The standard InChI is InChI=1S/C12H26Si2/c1-8-10-13(4,5)12(3)14(6,7)11-9-2/h8-9,12H,1-2,10-11H2,3-7H3. The maximum absolute atomic E-state index is 3.89. The molecule has 0 aliphatic carbocycles. The zero-order chi connectivity index (χ0) is 11.4. The molecule has 82 valence electrons. The lowest BCUT2D eigenvalue weighted by Crippen LogP contribution is -2.45. The fourth-order valence-corrected chi connectivity index (χ4v) is 13.5. The maximum atomic E-state index is 3.89. The van der Waals surface area contributed by atoms with Gasteiger partial charge >= 0.3 is 0 Å². The van der Waals surface area contributed by atoms with Gasteiger partial charge in [-0.15, -0.1) is 13.2 Å². The van der Waals surface area contributed by atoms with Crippen molar-refractivity contribution in [3.05, 3.63) is 25.3 Å². The van der Waals surface area contributed by atoms with Crippen molar-refractivity contribution in [2.24, 2.45) is 0 Å². The summed E-state index contributed by atoms with van der Waals surface area (Å²) in [6, 6.07) is 2.50.